The second-order valence-electron chi connectivity index (χ2n) is 2.34. The second-order valence-corrected chi connectivity index (χ2v) is 4.70. The highest BCUT2D eigenvalue weighted by atomic mass is 127. The van der Waals surface area contributed by atoms with Crippen molar-refractivity contribution in [3.63, 3.8) is 0 Å². The Morgan fingerprint density at radius 2 is 2.17 bits per heavy atom. The first-order valence-corrected chi connectivity index (χ1v) is 5.43. The first-order valence-electron chi connectivity index (χ1n) is 3.18. The third-order valence-electron chi connectivity index (χ3n) is 1.51. The number of halogens is 3. The van der Waals surface area contributed by atoms with E-state index in [1.54, 1.807) is 12.1 Å². The van der Waals surface area contributed by atoms with Crippen LogP contribution in [0.3, 0.4) is 0 Å². The van der Waals surface area contributed by atoms with E-state index in [2.05, 4.69) is 38.5 Å². The molecule has 1 aromatic rings. The van der Waals surface area contributed by atoms with Crippen LogP contribution < -0.4 is 0 Å². The van der Waals surface area contributed by atoms with Crippen molar-refractivity contribution in [1.29, 1.82) is 0 Å². The van der Waals surface area contributed by atoms with Crippen LogP contribution in [-0.2, 0) is 0 Å². The maximum atomic E-state index is 10.8. The molecule has 0 aliphatic carbocycles. The summed E-state index contributed by atoms with van der Waals surface area (Å²) in [5.74, 6) is 0. The summed E-state index contributed by atoms with van der Waals surface area (Å²) in [7, 11) is 0. The van der Waals surface area contributed by atoms with E-state index >= 15 is 0 Å². The van der Waals surface area contributed by atoms with Crippen molar-refractivity contribution < 1.29 is 4.79 Å². The van der Waals surface area contributed by atoms with Crippen molar-refractivity contribution in [2.75, 3.05) is 0 Å². The van der Waals surface area contributed by atoms with Gasteiger partial charge in [-0.3, -0.25) is 4.79 Å². The molecule has 0 aromatic heterocycles. The fraction of sp³-hybridized carbons (Fsp3) is 0.125. The molecule has 1 rings (SSSR count). The number of hydrogen-bond acceptors (Lipinski definition) is 1. The third-order valence-corrected chi connectivity index (χ3v) is 3.67. The van der Waals surface area contributed by atoms with E-state index in [4.69, 9.17) is 11.6 Å². The minimum atomic E-state index is -0.423. The van der Waals surface area contributed by atoms with Gasteiger partial charge in [0.05, 0.1) is 0 Å². The second kappa shape index (κ2) is 4.07. The molecular formula is C8H5BrClIO. The molecule has 0 saturated carbocycles. The molecule has 0 unspecified atom stereocenters. The molecule has 1 nitrogen and oxygen atoms in total. The van der Waals surface area contributed by atoms with Gasteiger partial charge < -0.3 is 0 Å². The van der Waals surface area contributed by atoms with Gasteiger partial charge >= 0.3 is 0 Å². The summed E-state index contributed by atoms with van der Waals surface area (Å²) in [4.78, 5) is 10.8. The predicted molar refractivity (Wildman–Crippen MR) is 61.8 cm³/mol. The van der Waals surface area contributed by atoms with Gasteiger partial charge in [0.2, 0.25) is 0 Å². The highest BCUT2D eigenvalue weighted by molar-refractivity contribution is 14.1. The summed E-state index contributed by atoms with van der Waals surface area (Å²) in [5, 5.41) is -0.423. The average Bonchev–Trinajstić information content (AvgIpc) is 1.99. The molecule has 0 amide bonds. The largest absolute Gasteiger partial charge is 0.276 e. The van der Waals surface area contributed by atoms with Gasteiger partial charge in [0.1, 0.15) is 0 Å². The molecule has 0 atom stereocenters. The van der Waals surface area contributed by atoms with Gasteiger partial charge in [0.15, 0.2) is 0 Å². The SMILES string of the molecule is Cc1c(Br)cc(C(=O)Cl)cc1I. The minimum Gasteiger partial charge on any atom is -0.276 e. The van der Waals surface area contributed by atoms with Crippen LogP contribution in [0, 0.1) is 10.5 Å². The molecule has 0 saturated heterocycles. The lowest BCUT2D eigenvalue weighted by Gasteiger charge is -2.02. The number of rotatable bonds is 1. The molecule has 1 aromatic carbocycles. The molecule has 12 heavy (non-hydrogen) atoms. The van der Waals surface area contributed by atoms with Gasteiger partial charge in [-0.05, 0) is 58.8 Å². The lowest BCUT2D eigenvalue weighted by Crippen LogP contribution is -1.92. The van der Waals surface area contributed by atoms with E-state index in [0.29, 0.717) is 5.56 Å². The maximum Gasteiger partial charge on any atom is 0.252 e. The van der Waals surface area contributed by atoms with Crippen LogP contribution in [-0.4, -0.2) is 5.24 Å². The van der Waals surface area contributed by atoms with E-state index in [1.807, 2.05) is 6.92 Å². The number of carbonyl (C=O) groups is 1. The van der Waals surface area contributed by atoms with Gasteiger partial charge in [-0.25, -0.2) is 0 Å². The van der Waals surface area contributed by atoms with Crippen LogP contribution in [0.5, 0.6) is 0 Å². The summed E-state index contributed by atoms with van der Waals surface area (Å²) in [5.41, 5.74) is 1.65. The Labute approximate surface area is 97.8 Å². The van der Waals surface area contributed by atoms with Crippen molar-refractivity contribution in [2.24, 2.45) is 0 Å². The molecule has 4 heteroatoms. The van der Waals surface area contributed by atoms with Gasteiger partial charge in [-0.2, -0.15) is 0 Å². The Bertz CT molecular complexity index is 315. The number of benzene rings is 1. The topological polar surface area (TPSA) is 17.1 Å². The predicted octanol–water partition coefficient (Wildman–Crippen LogP) is 3.74. The van der Waals surface area contributed by atoms with Crippen LogP contribution in [0.25, 0.3) is 0 Å². The molecule has 0 aliphatic heterocycles. The Morgan fingerprint density at radius 1 is 1.58 bits per heavy atom. The van der Waals surface area contributed by atoms with Gasteiger partial charge in [-0.15, -0.1) is 0 Å². The monoisotopic (exact) mass is 358 g/mol. The highest BCUT2D eigenvalue weighted by Crippen LogP contribution is 2.24. The molecule has 0 aliphatic rings. The Balaban J connectivity index is 3.31. The molecular weight excluding hydrogens is 354 g/mol. The standard InChI is InChI=1S/C8H5BrClIO/c1-4-6(9)2-5(8(10)12)3-7(4)11/h2-3H,1H3. The third kappa shape index (κ3) is 2.20. The Hall–Kier alpha value is 0.390. The molecule has 0 bridgehead atoms. The molecule has 0 radical (unpaired) electrons. The lowest BCUT2D eigenvalue weighted by molar-refractivity contribution is 0.108. The quantitative estimate of drug-likeness (QED) is 0.551. The molecule has 0 fully saturated rings. The van der Waals surface area contributed by atoms with Crippen molar-refractivity contribution >= 4 is 55.4 Å². The normalized spacial score (nSPS) is 10.0. The Morgan fingerprint density at radius 3 is 2.58 bits per heavy atom. The highest BCUT2D eigenvalue weighted by Gasteiger charge is 2.07. The summed E-state index contributed by atoms with van der Waals surface area (Å²) in [6.45, 7) is 1.98. The summed E-state index contributed by atoms with van der Waals surface area (Å²) < 4.78 is 1.95. The number of hydrogen-bond donors (Lipinski definition) is 0. The van der Waals surface area contributed by atoms with Crippen molar-refractivity contribution in [3.8, 4) is 0 Å². The molecule has 0 heterocycles. The molecule has 0 spiro atoms. The summed E-state index contributed by atoms with van der Waals surface area (Å²) >= 11 is 10.9. The van der Waals surface area contributed by atoms with E-state index in [9.17, 15) is 4.79 Å². The van der Waals surface area contributed by atoms with Gasteiger partial charge in [0.25, 0.3) is 5.24 Å². The van der Waals surface area contributed by atoms with E-state index in [1.165, 1.54) is 0 Å². The Kier molecular flexibility index (Phi) is 3.55. The van der Waals surface area contributed by atoms with Crippen molar-refractivity contribution in [2.45, 2.75) is 6.92 Å². The molecule has 64 valence electrons. The van der Waals surface area contributed by atoms with Crippen LogP contribution in [0.15, 0.2) is 16.6 Å². The van der Waals surface area contributed by atoms with Crippen LogP contribution in [0.2, 0.25) is 0 Å². The lowest BCUT2D eigenvalue weighted by atomic mass is 10.2. The zero-order valence-electron chi connectivity index (χ0n) is 6.20. The minimum absolute atomic E-state index is 0.423. The fourth-order valence-corrected chi connectivity index (χ4v) is 2.32. The number of carbonyl (C=O) groups excluding carboxylic acids is 1. The van der Waals surface area contributed by atoms with Crippen LogP contribution in [0.4, 0.5) is 0 Å². The van der Waals surface area contributed by atoms with Crippen molar-refractivity contribution in [1.82, 2.24) is 0 Å². The zero-order valence-corrected chi connectivity index (χ0v) is 10.7. The fourth-order valence-electron chi connectivity index (χ4n) is 0.759. The first-order chi connectivity index (χ1) is 5.52. The van der Waals surface area contributed by atoms with Gasteiger partial charge in [0, 0.05) is 13.6 Å². The van der Waals surface area contributed by atoms with E-state index < -0.39 is 5.24 Å². The van der Waals surface area contributed by atoms with E-state index in [0.717, 1.165) is 13.6 Å². The zero-order chi connectivity index (χ0) is 9.30. The molecule has 0 N–H and O–H groups in total. The van der Waals surface area contributed by atoms with Gasteiger partial charge in [-0.1, -0.05) is 15.9 Å². The first kappa shape index (κ1) is 10.5. The summed E-state index contributed by atoms with van der Waals surface area (Å²) in [6.07, 6.45) is 0. The maximum absolute atomic E-state index is 10.8. The summed E-state index contributed by atoms with van der Waals surface area (Å²) in [6, 6.07) is 3.50. The van der Waals surface area contributed by atoms with Crippen molar-refractivity contribution in [3.05, 3.63) is 31.3 Å². The van der Waals surface area contributed by atoms with Crippen LogP contribution >= 0.6 is 50.1 Å². The van der Waals surface area contributed by atoms with E-state index in [-0.39, 0.29) is 0 Å². The average molecular weight is 359 g/mol. The van der Waals surface area contributed by atoms with Crippen LogP contribution in [0.1, 0.15) is 15.9 Å². The smallest absolute Gasteiger partial charge is 0.252 e.